The number of nitrogens with zero attached hydrogens (tertiary/aromatic N) is 3. The molecule has 0 saturated heterocycles. The Bertz CT molecular complexity index is 2210. The molecule has 3 aliphatic rings. The number of carboxylic acid groups (broad SMARTS) is 2. The zero-order chi connectivity index (χ0) is 35.5. The van der Waals surface area contributed by atoms with Gasteiger partial charge in [-0.25, -0.2) is 13.9 Å². The molecule has 258 valence electrons. The second-order valence-electron chi connectivity index (χ2n) is 14.1. The third-order valence-corrected chi connectivity index (χ3v) is 9.52. The van der Waals surface area contributed by atoms with E-state index in [-0.39, 0.29) is 18.5 Å². The van der Waals surface area contributed by atoms with Gasteiger partial charge in [0, 0.05) is 46.1 Å². The van der Waals surface area contributed by atoms with Gasteiger partial charge in [-0.15, -0.1) is 0 Å². The van der Waals surface area contributed by atoms with Crippen molar-refractivity contribution in [2.75, 3.05) is 11.1 Å². The van der Waals surface area contributed by atoms with Crippen LogP contribution in [0.25, 0.3) is 16.7 Å². The zero-order valence-corrected chi connectivity index (χ0v) is 29.0. The van der Waals surface area contributed by atoms with Gasteiger partial charge < -0.3 is 20.3 Å². The van der Waals surface area contributed by atoms with Gasteiger partial charge in [-0.05, 0) is 77.2 Å². The first-order valence-corrected chi connectivity index (χ1v) is 17.8. The number of aromatic nitrogens is 2. The second-order valence-corrected chi connectivity index (χ2v) is 15.6. The number of imidazole rings is 1. The van der Waals surface area contributed by atoms with Gasteiger partial charge in [0.05, 0.1) is 28.6 Å². The number of rotatable bonds is 11. The van der Waals surface area contributed by atoms with Gasteiger partial charge in [0.2, 0.25) is 0 Å². The summed E-state index contributed by atoms with van der Waals surface area (Å²) in [5.41, 5.74) is 4.18. The molecule has 0 fully saturated rings. The third-order valence-electron chi connectivity index (χ3n) is 8.84. The maximum Gasteiger partial charge on any atom is 0.346 e. The highest BCUT2D eigenvalue weighted by Gasteiger charge is 2.34. The normalized spacial score (nSPS) is 16.8. The van der Waals surface area contributed by atoms with Crippen LogP contribution < -0.4 is 25.2 Å². The van der Waals surface area contributed by atoms with Crippen molar-refractivity contribution >= 4 is 44.5 Å². The molecule has 0 amide bonds. The van der Waals surface area contributed by atoms with Gasteiger partial charge in [-0.2, -0.15) is 8.42 Å². The van der Waals surface area contributed by atoms with Gasteiger partial charge in [0.25, 0.3) is 15.9 Å². The summed E-state index contributed by atoms with van der Waals surface area (Å²) in [6.45, 7) is 10.1. The Hall–Kier alpha value is -4.75. The van der Waals surface area contributed by atoms with Gasteiger partial charge >= 0.3 is 11.9 Å². The number of ether oxygens (including phenoxy) is 1. The lowest BCUT2D eigenvalue weighted by Crippen LogP contribution is -2.42. The van der Waals surface area contributed by atoms with Crippen molar-refractivity contribution in [3.8, 4) is 11.5 Å². The minimum atomic E-state index is -4.39. The summed E-state index contributed by atoms with van der Waals surface area (Å²) in [6, 6.07) is 7.58. The van der Waals surface area contributed by atoms with E-state index in [2.05, 4.69) is 25.2 Å². The number of nitrogens with one attached hydrogen (secondary N) is 1. The molecule has 4 N–H and O–H groups in total. The van der Waals surface area contributed by atoms with Gasteiger partial charge in [-0.3, -0.25) is 14.3 Å². The summed E-state index contributed by atoms with van der Waals surface area (Å²) in [6.07, 6.45) is 9.35. The number of aryl methyl sites for hydroxylation is 1. The molecule has 0 radical (unpaired) electrons. The molecule has 0 unspecified atom stereocenters. The van der Waals surface area contributed by atoms with Crippen LogP contribution in [-0.2, 0) is 32.8 Å². The van der Waals surface area contributed by atoms with Crippen molar-refractivity contribution in [2.24, 2.45) is 4.99 Å². The Morgan fingerprint density at radius 2 is 1.71 bits per heavy atom. The number of hydrogen-bond acceptors (Lipinski definition) is 7. The predicted molar refractivity (Wildman–Crippen MR) is 184 cm³/mol. The zero-order valence-electron chi connectivity index (χ0n) is 28.2. The monoisotopic (exact) mass is 689 g/mol. The smallest absolute Gasteiger partial charge is 0.346 e. The Morgan fingerprint density at radius 1 is 0.959 bits per heavy atom. The van der Waals surface area contributed by atoms with Crippen molar-refractivity contribution < 1.29 is 42.1 Å². The first-order chi connectivity index (χ1) is 22.9. The number of fused-ring (bicyclic) bond motifs is 4. The lowest BCUT2D eigenvalue weighted by atomic mass is 9.87. The molecule has 2 aromatic carbocycles. The molecule has 4 heterocycles. The average Bonchev–Trinajstić information content (AvgIpc) is 3.33. The SMILES string of the molecule is CC1=CC(C)(C)Nc2cc3c(cc21)C(c1n(CCCCCC(=O)O)cc[n+]1CC(=O)O)=c1cc2c(cc1O3)=NC(C)(C)C=C2CS(=O)(=O)O. The molecule has 3 aromatic rings. The van der Waals surface area contributed by atoms with E-state index in [9.17, 15) is 27.7 Å². The molecule has 0 spiro atoms. The van der Waals surface area contributed by atoms with Crippen molar-refractivity contribution in [2.45, 2.75) is 84.5 Å². The molecule has 49 heavy (non-hydrogen) atoms. The summed E-state index contributed by atoms with van der Waals surface area (Å²) < 4.78 is 44.5. The summed E-state index contributed by atoms with van der Waals surface area (Å²) in [5.74, 6) is -0.857. The maximum atomic E-state index is 12.2. The molecule has 0 atom stereocenters. The first-order valence-electron chi connectivity index (χ1n) is 16.2. The Morgan fingerprint density at radius 3 is 2.41 bits per heavy atom. The van der Waals surface area contributed by atoms with E-state index in [1.54, 1.807) is 22.9 Å². The molecular formula is C36H41N4O8S+. The lowest BCUT2D eigenvalue weighted by Gasteiger charge is -2.33. The number of allylic oxidation sites excluding steroid dienone is 1. The van der Waals surface area contributed by atoms with Crippen molar-refractivity contribution in [3.63, 3.8) is 0 Å². The van der Waals surface area contributed by atoms with Crippen molar-refractivity contribution in [1.29, 1.82) is 0 Å². The van der Waals surface area contributed by atoms with E-state index in [4.69, 9.17) is 14.8 Å². The quantitative estimate of drug-likeness (QED) is 0.103. The fourth-order valence-corrected chi connectivity index (χ4v) is 7.73. The van der Waals surface area contributed by atoms with Crippen molar-refractivity contribution in [1.82, 2.24) is 4.57 Å². The maximum absolute atomic E-state index is 12.2. The minimum Gasteiger partial charge on any atom is -0.481 e. The van der Waals surface area contributed by atoms with Gasteiger partial charge in [0.1, 0.15) is 29.6 Å². The van der Waals surface area contributed by atoms with Crippen LogP contribution in [0.2, 0.25) is 0 Å². The first kappa shape index (κ1) is 34.1. The molecule has 0 bridgehead atoms. The number of carbonyl (C=O) groups is 2. The van der Waals surface area contributed by atoms with E-state index in [1.807, 2.05) is 49.7 Å². The molecule has 12 nitrogen and oxygen atoms in total. The van der Waals surface area contributed by atoms with Crippen LogP contribution in [0.15, 0.2) is 53.8 Å². The van der Waals surface area contributed by atoms with E-state index in [0.717, 1.165) is 22.4 Å². The average molecular weight is 690 g/mol. The van der Waals surface area contributed by atoms with Crippen LogP contribution in [0.1, 0.15) is 82.8 Å². The number of anilines is 1. The molecule has 13 heteroatoms. The van der Waals surface area contributed by atoms with Crippen LogP contribution in [-0.4, -0.2) is 56.5 Å². The number of hydrogen-bond donors (Lipinski definition) is 4. The van der Waals surface area contributed by atoms with Gasteiger partial charge in [0.15, 0.2) is 6.54 Å². The van der Waals surface area contributed by atoms with Gasteiger partial charge in [-0.1, -0.05) is 12.2 Å². The summed E-state index contributed by atoms with van der Waals surface area (Å²) in [7, 11) is -4.39. The fraction of sp³-hybridized carbons (Fsp3) is 0.389. The number of carboxylic acids is 2. The summed E-state index contributed by atoms with van der Waals surface area (Å²) in [4.78, 5) is 28.1. The largest absolute Gasteiger partial charge is 0.481 e. The second kappa shape index (κ2) is 12.3. The van der Waals surface area contributed by atoms with Crippen LogP contribution in [0.5, 0.6) is 11.5 Å². The van der Waals surface area contributed by atoms with E-state index >= 15 is 0 Å². The number of aliphatic carboxylic acids is 2. The molecule has 0 saturated carbocycles. The predicted octanol–water partition coefficient (Wildman–Crippen LogP) is 4.15. The van der Waals surface area contributed by atoms with E-state index in [0.29, 0.717) is 70.4 Å². The van der Waals surface area contributed by atoms with Crippen LogP contribution in [0.4, 0.5) is 5.69 Å². The Labute approximate surface area is 284 Å². The van der Waals surface area contributed by atoms with E-state index in [1.165, 1.54) is 0 Å². The third kappa shape index (κ3) is 7.18. The van der Waals surface area contributed by atoms with Crippen LogP contribution in [0.3, 0.4) is 0 Å². The summed E-state index contributed by atoms with van der Waals surface area (Å²) in [5, 5.41) is 23.7. The summed E-state index contributed by atoms with van der Waals surface area (Å²) >= 11 is 0. The highest BCUT2D eigenvalue weighted by atomic mass is 32.2. The van der Waals surface area contributed by atoms with Crippen LogP contribution >= 0.6 is 0 Å². The molecule has 1 aromatic heterocycles. The van der Waals surface area contributed by atoms with Crippen molar-refractivity contribution in [3.05, 3.63) is 81.9 Å². The Balaban J connectivity index is 1.65. The number of benzene rings is 2. The van der Waals surface area contributed by atoms with E-state index < -0.39 is 33.3 Å². The molecule has 6 rings (SSSR count). The Kier molecular flexibility index (Phi) is 8.56. The molecule has 0 aliphatic carbocycles. The molecular weight excluding hydrogens is 648 g/mol. The molecule has 3 aliphatic heterocycles. The minimum absolute atomic E-state index is 0.0716. The number of unbranched alkanes of at least 4 members (excludes halogenated alkanes) is 2. The fourth-order valence-electron chi connectivity index (χ4n) is 7.10. The highest BCUT2D eigenvalue weighted by Crippen LogP contribution is 2.43. The van der Waals surface area contributed by atoms with Crippen LogP contribution in [0, 0.1) is 0 Å². The lowest BCUT2D eigenvalue weighted by molar-refractivity contribution is -0.687. The standard InChI is InChI=1S/C36H40N4O8S/c1-21-17-35(2,3)37-27-15-29-25(13-23(21)27)33(34-39(10-8-6-7-9-31(41)42)11-12-40(34)19-32(43)44)26-14-24-22(20-49(45,46)47)18-36(4,5)38-28(24)16-30(26)48-29/h11-18H,6-10,19-20H2,1-5H3,(H3-,37,38,41,42,43,44,45,46,47)/p+1. The topological polar surface area (TPSA) is 171 Å². The highest BCUT2D eigenvalue weighted by molar-refractivity contribution is 7.86.